The van der Waals surface area contributed by atoms with Gasteiger partial charge < -0.3 is 9.73 Å². The van der Waals surface area contributed by atoms with E-state index in [1.54, 1.807) is 6.26 Å². The number of hydrogen-bond donors (Lipinski definition) is 1. The number of aryl methyl sites for hydroxylation is 2. The first-order valence-electron chi connectivity index (χ1n) is 7.87. The molecular formula is C19H15F2NO2. The quantitative estimate of drug-likeness (QED) is 0.775. The van der Waals surface area contributed by atoms with Crippen molar-refractivity contribution >= 4 is 22.6 Å². The van der Waals surface area contributed by atoms with Crippen LogP contribution in [0.4, 0.5) is 14.5 Å². The predicted octanol–water partition coefficient (Wildman–Crippen LogP) is 4.38. The van der Waals surface area contributed by atoms with E-state index in [9.17, 15) is 13.6 Å². The van der Waals surface area contributed by atoms with Gasteiger partial charge in [0.1, 0.15) is 17.2 Å². The van der Waals surface area contributed by atoms with Crippen LogP contribution in [-0.2, 0) is 24.1 Å². The lowest BCUT2D eigenvalue weighted by Crippen LogP contribution is -2.15. The number of anilines is 1. The van der Waals surface area contributed by atoms with E-state index in [-0.39, 0.29) is 18.0 Å². The van der Waals surface area contributed by atoms with E-state index < -0.39 is 11.6 Å². The highest BCUT2D eigenvalue weighted by molar-refractivity contribution is 5.95. The highest BCUT2D eigenvalue weighted by Crippen LogP contribution is 2.30. The van der Waals surface area contributed by atoms with Crippen molar-refractivity contribution in [3.63, 3.8) is 0 Å². The minimum Gasteiger partial charge on any atom is -0.464 e. The second kappa shape index (κ2) is 5.74. The molecule has 3 aromatic rings. The Balaban J connectivity index is 1.56. The van der Waals surface area contributed by atoms with Crippen molar-refractivity contribution in [3.05, 3.63) is 64.9 Å². The molecule has 0 fully saturated rings. The van der Waals surface area contributed by atoms with Gasteiger partial charge in [0, 0.05) is 17.0 Å². The van der Waals surface area contributed by atoms with Gasteiger partial charge >= 0.3 is 0 Å². The Labute approximate surface area is 137 Å². The number of rotatable bonds is 3. The fourth-order valence-corrected chi connectivity index (χ4v) is 3.24. The lowest BCUT2D eigenvalue weighted by Gasteiger charge is -2.06. The van der Waals surface area contributed by atoms with Gasteiger partial charge in [-0.2, -0.15) is 0 Å². The number of nitrogens with one attached hydrogen (secondary N) is 1. The van der Waals surface area contributed by atoms with Crippen LogP contribution in [0.3, 0.4) is 0 Å². The molecule has 3 nitrogen and oxygen atoms in total. The zero-order valence-corrected chi connectivity index (χ0v) is 12.9. The summed E-state index contributed by atoms with van der Waals surface area (Å²) in [6, 6.07) is 7.19. The van der Waals surface area contributed by atoms with Crippen LogP contribution in [0.1, 0.15) is 23.1 Å². The third-order valence-electron chi connectivity index (χ3n) is 4.42. The molecule has 0 spiro atoms. The molecule has 0 unspecified atom stereocenters. The van der Waals surface area contributed by atoms with Crippen LogP contribution in [0.5, 0.6) is 0 Å². The zero-order chi connectivity index (χ0) is 16.7. The standard InChI is InChI=1S/C19H15F2NO2/c20-14-4-5-17(16(21)9-14)22-19(23)8-13-10-24-18-7-12-3-1-2-11(12)6-15(13)18/h4-7,9-10H,1-3,8H2,(H,22,23). The monoisotopic (exact) mass is 327 g/mol. The lowest BCUT2D eigenvalue weighted by molar-refractivity contribution is -0.115. The Bertz CT molecular complexity index is 946. The average molecular weight is 327 g/mol. The molecule has 1 aliphatic rings. The molecule has 1 aromatic heterocycles. The molecule has 5 heteroatoms. The van der Waals surface area contributed by atoms with Gasteiger partial charge in [-0.05, 0) is 54.7 Å². The number of fused-ring (bicyclic) bond motifs is 2. The molecule has 0 saturated carbocycles. The van der Waals surface area contributed by atoms with Gasteiger partial charge in [0.05, 0.1) is 18.4 Å². The summed E-state index contributed by atoms with van der Waals surface area (Å²) in [7, 11) is 0. The van der Waals surface area contributed by atoms with Crippen LogP contribution < -0.4 is 5.32 Å². The first kappa shape index (κ1) is 14.9. The number of carbonyl (C=O) groups excluding carboxylic acids is 1. The number of amides is 1. The Kier molecular flexibility index (Phi) is 3.56. The lowest BCUT2D eigenvalue weighted by atomic mass is 10.0. The summed E-state index contributed by atoms with van der Waals surface area (Å²) in [5.41, 5.74) is 4.11. The van der Waals surface area contributed by atoms with E-state index in [1.165, 1.54) is 17.2 Å². The van der Waals surface area contributed by atoms with E-state index in [2.05, 4.69) is 11.4 Å². The molecule has 122 valence electrons. The largest absolute Gasteiger partial charge is 0.464 e. The molecule has 0 aliphatic heterocycles. The van der Waals surface area contributed by atoms with Crippen LogP contribution in [0.15, 0.2) is 41.0 Å². The summed E-state index contributed by atoms with van der Waals surface area (Å²) in [6.45, 7) is 0. The van der Waals surface area contributed by atoms with E-state index in [0.717, 1.165) is 47.9 Å². The summed E-state index contributed by atoms with van der Waals surface area (Å²) in [5, 5.41) is 3.39. The van der Waals surface area contributed by atoms with Gasteiger partial charge in [0.2, 0.25) is 5.91 Å². The SMILES string of the molecule is O=C(Cc1coc2cc3c(cc12)CCC3)Nc1ccc(F)cc1F. The van der Waals surface area contributed by atoms with Crippen molar-refractivity contribution in [2.24, 2.45) is 0 Å². The number of halogens is 2. The predicted molar refractivity (Wildman–Crippen MR) is 86.9 cm³/mol. The Morgan fingerprint density at radius 3 is 2.71 bits per heavy atom. The maximum Gasteiger partial charge on any atom is 0.229 e. The maximum absolute atomic E-state index is 13.6. The van der Waals surface area contributed by atoms with Gasteiger partial charge in [-0.25, -0.2) is 8.78 Å². The number of benzene rings is 2. The minimum absolute atomic E-state index is 0.0323. The second-order valence-electron chi connectivity index (χ2n) is 6.08. The van der Waals surface area contributed by atoms with E-state index in [0.29, 0.717) is 0 Å². The van der Waals surface area contributed by atoms with Gasteiger partial charge in [-0.3, -0.25) is 4.79 Å². The zero-order valence-electron chi connectivity index (χ0n) is 12.9. The van der Waals surface area contributed by atoms with Crippen molar-refractivity contribution in [2.45, 2.75) is 25.7 Å². The van der Waals surface area contributed by atoms with E-state index in [4.69, 9.17) is 4.42 Å². The normalized spacial score (nSPS) is 13.2. The molecule has 1 heterocycles. The summed E-state index contributed by atoms with van der Waals surface area (Å²) in [4.78, 5) is 12.2. The Morgan fingerprint density at radius 1 is 1.12 bits per heavy atom. The number of carbonyl (C=O) groups is 1. The minimum atomic E-state index is -0.793. The summed E-state index contributed by atoms with van der Waals surface area (Å²) in [6.07, 6.45) is 4.89. The fourth-order valence-electron chi connectivity index (χ4n) is 3.24. The molecule has 1 aliphatic carbocycles. The van der Waals surface area contributed by atoms with E-state index >= 15 is 0 Å². The highest BCUT2D eigenvalue weighted by Gasteiger charge is 2.17. The van der Waals surface area contributed by atoms with Crippen LogP contribution >= 0.6 is 0 Å². The van der Waals surface area contributed by atoms with Crippen LogP contribution in [-0.4, -0.2) is 5.91 Å². The molecule has 0 atom stereocenters. The highest BCUT2D eigenvalue weighted by atomic mass is 19.1. The van der Waals surface area contributed by atoms with Gasteiger partial charge in [-0.15, -0.1) is 0 Å². The first-order valence-corrected chi connectivity index (χ1v) is 7.87. The van der Waals surface area contributed by atoms with Crippen LogP contribution in [0.25, 0.3) is 11.0 Å². The molecule has 0 saturated heterocycles. The molecule has 1 amide bonds. The van der Waals surface area contributed by atoms with Crippen molar-refractivity contribution in [2.75, 3.05) is 5.32 Å². The number of furan rings is 1. The second-order valence-corrected chi connectivity index (χ2v) is 6.08. The molecule has 24 heavy (non-hydrogen) atoms. The van der Waals surface area contributed by atoms with Crippen molar-refractivity contribution in [1.29, 1.82) is 0 Å². The fraction of sp³-hybridized carbons (Fsp3) is 0.211. The van der Waals surface area contributed by atoms with Crippen LogP contribution in [0, 0.1) is 11.6 Å². The smallest absolute Gasteiger partial charge is 0.229 e. The van der Waals surface area contributed by atoms with Crippen molar-refractivity contribution < 1.29 is 18.0 Å². The Hall–Kier alpha value is -2.69. The molecular weight excluding hydrogens is 312 g/mol. The van der Waals surface area contributed by atoms with Gasteiger partial charge in [-0.1, -0.05) is 0 Å². The van der Waals surface area contributed by atoms with Crippen LogP contribution in [0.2, 0.25) is 0 Å². The average Bonchev–Trinajstić information content (AvgIpc) is 3.15. The molecule has 0 bridgehead atoms. The summed E-state index contributed by atoms with van der Waals surface area (Å²) >= 11 is 0. The van der Waals surface area contributed by atoms with E-state index in [1.807, 2.05) is 6.07 Å². The molecule has 1 N–H and O–H groups in total. The molecule has 0 radical (unpaired) electrons. The maximum atomic E-state index is 13.6. The third-order valence-corrected chi connectivity index (χ3v) is 4.42. The topological polar surface area (TPSA) is 42.2 Å². The summed E-state index contributed by atoms with van der Waals surface area (Å²) < 4.78 is 32.1. The first-order chi connectivity index (χ1) is 11.6. The Morgan fingerprint density at radius 2 is 1.92 bits per heavy atom. The van der Waals surface area contributed by atoms with Gasteiger partial charge in [0.25, 0.3) is 0 Å². The number of hydrogen-bond acceptors (Lipinski definition) is 2. The van der Waals surface area contributed by atoms with Gasteiger partial charge in [0.15, 0.2) is 0 Å². The third kappa shape index (κ3) is 2.66. The molecule has 2 aromatic carbocycles. The summed E-state index contributed by atoms with van der Waals surface area (Å²) in [5.74, 6) is -1.85. The molecule has 4 rings (SSSR count). The van der Waals surface area contributed by atoms with Crippen molar-refractivity contribution in [1.82, 2.24) is 0 Å². The van der Waals surface area contributed by atoms with Crippen molar-refractivity contribution in [3.8, 4) is 0 Å².